The number of hydrogen-bond donors (Lipinski definition) is 1. The second kappa shape index (κ2) is 5.16. The Labute approximate surface area is 117 Å². The fourth-order valence-electron chi connectivity index (χ4n) is 2.78. The highest BCUT2D eigenvalue weighted by atomic mass is 32.2. The lowest BCUT2D eigenvalue weighted by molar-refractivity contribution is 0.273. The maximum Gasteiger partial charge on any atom is 0.161 e. The van der Waals surface area contributed by atoms with E-state index in [0.717, 1.165) is 16.8 Å². The van der Waals surface area contributed by atoms with Gasteiger partial charge in [0.1, 0.15) is 5.82 Å². The molecule has 1 aromatic carbocycles. The SMILES string of the molecule is CC1CCC2(CC1)CSC(Nc1ccccc1F)=N2. The van der Waals surface area contributed by atoms with Gasteiger partial charge in [0.15, 0.2) is 5.17 Å². The van der Waals surface area contributed by atoms with Crippen molar-refractivity contribution in [1.29, 1.82) is 0 Å². The molecule has 0 saturated heterocycles. The van der Waals surface area contributed by atoms with E-state index in [1.807, 2.05) is 6.07 Å². The minimum Gasteiger partial charge on any atom is -0.333 e. The van der Waals surface area contributed by atoms with Gasteiger partial charge in [0.25, 0.3) is 0 Å². The lowest BCUT2D eigenvalue weighted by Gasteiger charge is -2.32. The van der Waals surface area contributed by atoms with Crippen LogP contribution in [0.1, 0.15) is 32.6 Å². The van der Waals surface area contributed by atoms with Crippen LogP contribution in [0.5, 0.6) is 0 Å². The smallest absolute Gasteiger partial charge is 0.161 e. The predicted octanol–water partition coefficient (Wildman–Crippen LogP) is 4.29. The second-order valence-corrected chi connectivity index (χ2v) is 6.68. The third kappa shape index (κ3) is 2.78. The summed E-state index contributed by atoms with van der Waals surface area (Å²) in [5, 5.41) is 4.00. The number of halogens is 1. The lowest BCUT2D eigenvalue weighted by Crippen LogP contribution is -2.32. The molecule has 2 nitrogen and oxygen atoms in total. The molecule has 3 rings (SSSR count). The molecule has 1 spiro atoms. The Hall–Kier alpha value is -1.03. The van der Waals surface area contributed by atoms with Crippen LogP contribution in [0, 0.1) is 11.7 Å². The topological polar surface area (TPSA) is 24.4 Å². The number of nitrogens with zero attached hydrogens (tertiary/aromatic N) is 1. The van der Waals surface area contributed by atoms with Crippen LogP contribution in [-0.4, -0.2) is 16.5 Å². The maximum absolute atomic E-state index is 13.6. The molecule has 1 fully saturated rings. The van der Waals surface area contributed by atoms with Crippen LogP contribution in [0.3, 0.4) is 0 Å². The molecule has 0 aromatic heterocycles. The first-order chi connectivity index (χ1) is 9.17. The summed E-state index contributed by atoms with van der Waals surface area (Å²) in [6, 6.07) is 6.77. The molecule has 102 valence electrons. The summed E-state index contributed by atoms with van der Waals surface area (Å²) in [5.74, 6) is 1.65. The number of hydrogen-bond acceptors (Lipinski definition) is 3. The summed E-state index contributed by atoms with van der Waals surface area (Å²) < 4.78 is 13.6. The maximum atomic E-state index is 13.6. The molecule has 1 aliphatic carbocycles. The molecule has 19 heavy (non-hydrogen) atoms. The first kappa shape index (κ1) is 13.0. The summed E-state index contributed by atoms with van der Waals surface area (Å²) >= 11 is 1.72. The molecule has 1 aromatic rings. The summed E-state index contributed by atoms with van der Waals surface area (Å²) in [4.78, 5) is 4.85. The highest BCUT2D eigenvalue weighted by molar-refractivity contribution is 8.14. The molecule has 0 bridgehead atoms. The number of nitrogens with one attached hydrogen (secondary N) is 1. The number of aliphatic imine (C=N–C) groups is 1. The van der Waals surface area contributed by atoms with Crippen molar-refractivity contribution in [1.82, 2.24) is 0 Å². The van der Waals surface area contributed by atoms with Crippen LogP contribution >= 0.6 is 11.8 Å². The zero-order valence-corrected chi connectivity index (χ0v) is 12.0. The molecule has 1 heterocycles. The molecule has 1 N–H and O–H groups in total. The Morgan fingerprint density at radius 3 is 2.79 bits per heavy atom. The van der Waals surface area contributed by atoms with Crippen molar-refractivity contribution >= 4 is 22.6 Å². The third-order valence-electron chi connectivity index (χ3n) is 4.14. The number of para-hydroxylation sites is 1. The summed E-state index contributed by atoms with van der Waals surface area (Å²) in [5.41, 5.74) is 0.639. The van der Waals surface area contributed by atoms with Gasteiger partial charge in [0, 0.05) is 5.75 Å². The Kier molecular flexibility index (Phi) is 3.52. The molecule has 4 heteroatoms. The molecule has 0 amide bonds. The van der Waals surface area contributed by atoms with Gasteiger partial charge in [0.2, 0.25) is 0 Å². The van der Waals surface area contributed by atoms with E-state index in [2.05, 4.69) is 12.2 Å². The van der Waals surface area contributed by atoms with Gasteiger partial charge < -0.3 is 5.32 Å². The van der Waals surface area contributed by atoms with Crippen molar-refractivity contribution in [3.8, 4) is 0 Å². The quantitative estimate of drug-likeness (QED) is 0.828. The van der Waals surface area contributed by atoms with Gasteiger partial charge in [-0.3, -0.25) is 4.99 Å². The normalized spacial score (nSPS) is 30.4. The summed E-state index contributed by atoms with van der Waals surface area (Å²) in [6.07, 6.45) is 4.86. The van der Waals surface area contributed by atoms with Gasteiger partial charge in [-0.2, -0.15) is 0 Å². The Bertz CT molecular complexity index is 493. The molecule has 0 atom stereocenters. The van der Waals surface area contributed by atoms with Crippen molar-refractivity contribution in [3.05, 3.63) is 30.1 Å². The molecule has 1 saturated carbocycles. The first-order valence-electron chi connectivity index (χ1n) is 6.91. The fraction of sp³-hybridized carbons (Fsp3) is 0.533. The van der Waals surface area contributed by atoms with Crippen LogP contribution in [-0.2, 0) is 0 Å². The van der Waals surface area contributed by atoms with Crippen LogP contribution in [0.2, 0.25) is 0 Å². The van der Waals surface area contributed by atoms with Gasteiger partial charge in [-0.25, -0.2) is 4.39 Å². The Morgan fingerprint density at radius 2 is 2.05 bits per heavy atom. The zero-order valence-electron chi connectivity index (χ0n) is 11.2. The number of thioether (sulfide) groups is 1. The van der Waals surface area contributed by atoms with Gasteiger partial charge in [-0.15, -0.1) is 0 Å². The third-order valence-corrected chi connectivity index (χ3v) is 5.29. The summed E-state index contributed by atoms with van der Waals surface area (Å²) in [6.45, 7) is 2.32. The monoisotopic (exact) mass is 278 g/mol. The van der Waals surface area contributed by atoms with Crippen molar-refractivity contribution in [2.75, 3.05) is 11.1 Å². The summed E-state index contributed by atoms with van der Waals surface area (Å²) in [7, 11) is 0. The van der Waals surface area contributed by atoms with Crippen LogP contribution in [0.4, 0.5) is 10.1 Å². The molecule has 2 aliphatic rings. The number of benzene rings is 1. The molecule has 0 radical (unpaired) electrons. The van der Waals surface area contributed by atoms with E-state index in [-0.39, 0.29) is 11.4 Å². The Morgan fingerprint density at radius 1 is 1.32 bits per heavy atom. The average molecular weight is 278 g/mol. The van der Waals surface area contributed by atoms with E-state index in [1.54, 1.807) is 23.9 Å². The lowest BCUT2D eigenvalue weighted by atomic mass is 9.79. The minimum absolute atomic E-state index is 0.116. The molecular weight excluding hydrogens is 259 g/mol. The van der Waals surface area contributed by atoms with E-state index >= 15 is 0 Å². The molecule has 1 aliphatic heterocycles. The standard InChI is InChI=1S/C15H19FN2S/c1-11-6-8-15(9-7-11)10-19-14(18-15)17-13-5-3-2-4-12(13)16/h2-5,11H,6-10H2,1H3,(H,17,18). The largest absolute Gasteiger partial charge is 0.333 e. The van der Waals surface area contributed by atoms with Crippen molar-refractivity contribution in [3.63, 3.8) is 0 Å². The van der Waals surface area contributed by atoms with E-state index in [4.69, 9.17) is 4.99 Å². The predicted molar refractivity (Wildman–Crippen MR) is 80.3 cm³/mol. The van der Waals surface area contributed by atoms with E-state index < -0.39 is 0 Å². The minimum atomic E-state index is -0.219. The van der Waals surface area contributed by atoms with Crippen molar-refractivity contribution in [2.24, 2.45) is 10.9 Å². The molecular formula is C15H19FN2S. The average Bonchev–Trinajstić information content (AvgIpc) is 2.80. The number of amidine groups is 1. The van der Waals surface area contributed by atoms with Gasteiger partial charge in [0.05, 0.1) is 11.2 Å². The van der Waals surface area contributed by atoms with Gasteiger partial charge in [-0.1, -0.05) is 30.8 Å². The van der Waals surface area contributed by atoms with Crippen LogP contribution in [0.15, 0.2) is 29.3 Å². The first-order valence-corrected chi connectivity index (χ1v) is 7.90. The molecule has 0 unspecified atom stereocenters. The van der Waals surface area contributed by atoms with E-state index in [1.165, 1.54) is 31.7 Å². The van der Waals surface area contributed by atoms with Gasteiger partial charge >= 0.3 is 0 Å². The van der Waals surface area contributed by atoms with E-state index in [0.29, 0.717) is 5.69 Å². The van der Waals surface area contributed by atoms with E-state index in [9.17, 15) is 4.39 Å². The zero-order chi connectivity index (χ0) is 13.3. The Balaban J connectivity index is 1.72. The highest BCUT2D eigenvalue weighted by Crippen LogP contribution is 2.41. The van der Waals surface area contributed by atoms with Crippen molar-refractivity contribution in [2.45, 2.75) is 38.1 Å². The van der Waals surface area contributed by atoms with Crippen LogP contribution < -0.4 is 5.32 Å². The number of anilines is 1. The second-order valence-electron chi connectivity index (χ2n) is 5.72. The fourth-order valence-corrected chi connectivity index (χ4v) is 3.98. The van der Waals surface area contributed by atoms with Crippen molar-refractivity contribution < 1.29 is 4.39 Å². The van der Waals surface area contributed by atoms with Crippen LogP contribution in [0.25, 0.3) is 0 Å². The highest BCUT2D eigenvalue weighted by Gasteiger charge is 2.38. The number of rotatable bonds is 1. The van der Waals surface area contributed by atoms with Gasteiger partial charge in [-0.05, 0) is 43.7 Å².